The highest BCUT2D eigenvalue weighted by Crippen LogP contribution is 2.29. The second kappa shape index (κ2) is 12.3. The van der Waals surface area contributed by atoms with Crippen LogP contribution >= 0.6 is 0 Å². The van der Waals surface area contributed by atoms with Crippen LogP contribution in [-0.2, 0) is 13.1 Å². The summed E-state index contributed by atoms with van der Waals surface area (Å²) in [4.78, 5) is 10.0. The molecule has 2 aromatic rings. The Bertz CT molecular complexity index is 842. The molecule has 33 heavy (non-hydrogen) atoms. The summed E-state index contributed by atoms with van der Waals surface area (Å²) in [6, 6.07) is 13.5. The molecule has 0 aliphatic rings. The molecule has 0 saturated carbocycles. The van der Waals surface area contributed by atoms with Crippen LogP contribution in [0.1, 0.15) is 133 Å². The molecule has 2 heteroatoms. The van der Waals surface area contributed by atoms with E-state index in [-0.39, 0.29) is 0 Å². The van der Waals surface area contributed by atoms with E-state index >= 15 is 0 Å². The first-order valence-corrected chi connectivity index (χ1v) is 12.8. The Morgan fingerprint density at radius 3 is 1.06 bits per heavy atom. The van der Waals surface area contributed by atoms with Gasteiger partial charge in [-0.05, 0) is 70.9 Å². The summed E-state index contributed by atoms with van der Waals surface area (Å²) in [5, 5.41) is 0. The third-order valence-corrected chi connectivity index (χ3v) is 6.51. The molecule has 0 fully saturated rings. The molecule has 0 saturated heterocycles. The van der Waals surface area contributed by atoms with E-state index in [9.17, 15) is 0 Å². The Kier molecular flexibility index (Phi) is 10.1. The molecular formula is C31H46N2. The van der Waals surface area contributed by atoms with Crippen LogP contribution in [0.15, 0.2) is 46.4 Å². The van der Waals surface area contributed by atoms with E-state index < -0.39 is 0 Å². The van der Waals surface area contributed by atoms with Gasteiger partial charge in [-0.15, -0.1) is 0 Å². The SMILES string of the molecule is CC(CC(C)=NCc1c(C(C)C)cccc1C(C)C)=NCc1c(C(C)C)cccc1C(C)C. The number of aliphatic imine (C=N–C) groups is 2. The van der Waals surface area contributed by atoms with Gasteiger partial charge >= 0.3 is 0 Å². The summed E-state index contributed by atoms with van der Waals surface area (Å²) >= 11 is 0. The zero-order chi connectivity index (χ0) is 24.7. The summed E-state index contributed by atoms with van der Waals surface area (Å²) in [5.74, 6) is 2.03. The van der Waals surface area contributed by atoms with E-state index in [1.807, 2.05) is 0 Å². The average Bonchev–Trinajstić information content (AvgIpc) is 2.75. The molecule has 2 aromatic carbocycles. The molecule has 0 N–H and O–H groups in total. The predicted molar refractivity (Wildman–Crippen MR) is 147 cm³/mol. The maximum atomic E-state index is 5.00. The van der Waals surface area contributed by atoms with E-state index in [4.69, 9.17) is 9.98 Å². The van der Waals surface area contributed by atoms with Gasteiger partial charge in [0.1, 0.15) is 0 Å². The van der Waals surface area contributed by atoms with Crippen molar-refractivity contribution in [2.75, 3.05) is 0 Å². The summed E-state index contributed by atoms with van der Waals surface area (Å²) < 4.78 is 0. The lowest BCUT2D eigenvalue weighted by Gasteiger charge is -2.19. The Balaban J connectivity index is 2.21. The third kappa shape index (κ3) is 7.39. The lowest BCUT2D eigenvalue weighted by atomic mass is 9.88. The van der Waals surface area contributed by atoms with Crippen molar-refractivity contribution in [3.05, 3.63) is 69.8 Å². The Morgan fingerprint density at radius 1 is 0.545 bits per heavy atom. The summed E-state index contributed by atoms with van der Waals surface area (Å²) in [5.41, 5.74) is 10.8. The summed E-state index contributed by atoms with van der Waals surface area (Å²) in [6.45, 7) is 24.0. The summed E-state index contributed by atoms with van der Waals surface area (Å²) in [6.07, 6.45) is 0.835. The largest absolute Gasteiger partial charge is 0.289 e. The van der Waals surface area contributed by atoms with Crippen LogP contribution in [0, 0.1) is 0 Å². The second-order valence-electron chi connectivity index (χ2n) is 10.7. The third-order valence-electron chi connectivity index (χ3n) is 6.51. The fourth-order valence-corrected chi connectivity index (χ4v) is 4.69. The smallest absolute Gasteiger partial charge is 0.0644 e. The van der Waals surface area contributed by atoms with Crippen molar-refractivity contribution in [2.45, 2.75) is 112 Å². The fraction of sp³-hybridized carbons (Fsp3) is 0.548. The minimum absolute atomic E-state index is 0.508. The van der Waals surface area contributed by atoms with Gasteiger partial charge in [-0.1, -0.05) is 91.8 Å². The topological polar surface area (TPSA) is 24.7 Å². The van der Waals surface area contributed by atoms with E-state index in [0.717, 1.165) is 30.9 Å². The van der Waals surface area contributed by atoms with E-state index in [2.05, 4.69) is 106 Å². The van der Waals surface area contributed by atoms with Crippen LogP contribution in [0.2, 0.25) is 0 Å². The number of rotatable bonds is 10. The molecule has 0 heterocycles. The number of benzene rings is 2. The lowest BCUT2D eigenvalue weighted by Crippen LogP contribution is -2.07. The molecule has 0 amide bonds. The maximum Gasteiger partial charge on any atom is 0.0644 e. The molecule has 0 atom stereocenters. The molecular weight excluding hydrogens is 400 g/mol. The molecule has 2 nitrogen and oxygen atoms in total. The van der Waals surface area contributed by atoms with Crippen LogP contribution < -0.4 is 0 Å². The lowest BCUT2D eigenvalue weighted by molar-refractivity contribution is 0.794. The van der Waals surface area contributed by atoms with Gasteiger partial charge in [0.15, 0.2) is 0 Å². The first-order valence-electron chi connectivity index (χ1n) is 12.8. The Hall–Kier alpha value is -2.22. The first-order chi connectivity index (χ1) is 15.5. The van der Waals surface area contributed by atoms with Gasteiger partial charge in [0.2, 0.25) is 0 Å². The molecule has 180 valence electrons. The number of hydrogen-bond donors (Lipinski definition) is 0. The van der Waals surface area contributed by atoms with Crippen molar-refractivity contribution in [3.8, 4) is 0 Å². The highest BCUT2D eigenvalue weighted by atomic mass is 14.8. The van der Waals surface area contributed by atoms with Gasteiger partial charge in [-0.25, -0.2) is 0 Å². The quantitative estimate of drug-likeness (QED) is 0.325. The normalized spacial score (nSPS) is 13.2. The first kappa shape index (κ1) is 27.0. The van der Waals surface area contributed by atoms with Gasteiger partial charge in [0.25, 0.3) is 0 Å². The van der Waals surface area contributed by atoms with Crippen LogP contribution in [0.25, 0.3) is 0 Å². The second-order valence-corrected chi connectivity index (χ2v) is 10.7. The van der Waals surface area contributed by atoms with Gasteiger partial charge in [0.05, 0.1) is 13.1 Å². The van der Waals surface area contributed by atoms with Gasteiger partial charge in [-0.3, -0.25) is 9.98 Å². The van der Waals surface area contributed by atoms with Crippen molar-refractivity contribution in [1.29, 1.82) is 0 Å². The van der Waals surface area contributed by atoms with Crippen LogP contribution in [-0.4, -0.2) is 11.4 Å². The highest BCUT2D eigenvalue weighted by molar-refractivity contribution is 6.02. The van der Waals surface area contributed by atoms with Crippen molar-refractivity contribution < 1.29 is 0 Å². The fourth-order valence-electron chi connectivity index (χ4n) is 4.69. The Labute approximate surface area is 203 Å². The standard InChI is InChI=1S/C31H46N2/c1-20(2)26-13-11-14-27(21(3)4)30(26)18-32-24(9)17-25(10)33-19-31-28(22(5)6)15-12-16-29(31)23(7)8/h11-16,20-23H,17-19H2,1-10H3. The van der Waals surface area contributed by atoms with E-state index in [1.165, 1.54) is 33.4 Å². The molecule has 0 aromatic heterocycles. The number of nitrogens with zero attached hydrogens (tertiary/aromatic N) is 2. The number of hydrogen-bond acceptors (Lipinski definition) is 2. The zero-order valence-corrected chi connectivity index (χ0v) is 22.8. The van der Waals surface area contributed by atoms with Crippen LogP contribution in [0.3, 0.4) is 0 Å². The monoisotopic (exact) mass is 446 g/mol. The predicted octanol–water partition coefficient (Wildman–Crippen LogP) is 9.19. The molecule has 0 radical (unpaired) electrons. The molecule has 0 unspecified atom stereocenters. The van der Waals surface area contributed by atoms with E-state index in [1.54, 1.807) is 0 Å². The van der Waals surface area contributed by atoms with Crippen LogP contribution in [0.5, 0.6) is 0 Å². The van der Waals surface area contributed by atoms with Crippen molar-refractivity contribution in [3.63, 3.8) is 0 Å². The van der Waals surface area contributed by atoms with Gasteiger partial charge < -0.3 is 0 Å². The van der Waals surface area contributed by atoms with Crippen molar-refractivity contribution in [1.82, 2.24) is 0 Å². The maximum absolute atomic E-state index is 5.00. The summed E-state index contributed by atoms with van der Waals surface area (Å²) in [7, 11) is 0. The Morgan fingerprint density at radius 2 is 0.818 bits per heavy atom. The van der Waals surface area contributed by atoms with Gasteiger partial charge in [0, 0.05) is 17.8 Å². The van der Waals surface area contributed by atoms with Crippen LogP contribution in [0.4, 0.5) is 0 Å². The van der Waals surface area contributed by atoms with Crippen molar-refractivity contribution in [2.24, 2.45) is 9.98 Å². The molecule has 0 bridgehead atoms. The highest BCUT2D eigenvalue weighted by Gasteiger charge is 2.14. The van der Waals surface area contributed by atoms with Crippen molar-refractivity contribution >= 4 is 11.4 Å². The minimum atomic E-state index is 0.508. The minimum Gasteiger partial charge on any atom is -0.289 e. The average molecular weight is 447 g/mol. The molecule has 0 aliphatic heterocycles. The van der Waals surface area contributed by atoms with E-state index in [0.29, 0.717) is 23.7 Å². The molecule has 0 spiro atoms. The molecule has 2 rings (SSSR count). The molecule has 0 aliphatic carbocycles. The zero-order valence-electron chi connectivity index (χ0n) is 22.8. The van der Waals surface area contributed by atoms with Gasteiger partial charge in [-0.2, -0.15) is 0 Å².